The van der Waals surface area contributed by atoms with E-state index in [0.717, 1.165) is 22.5 Å². The number of ether oxygens (including phenoxy) is 9. The predicted molar refractivity (Wildman–Crippen MR) is 600 cm³/mol. The fourth-order valence-corrected chi connectivity index (χ4v) is 14.4. The van der Waals surface area contributed by atoms with Crippen molar-refractivity contribution in [3.63, 3.8) is 0 Å². The highest BCUT2D eigenvalue weighted by Crippen LogP contribution is 2.40. The Morgan fingerprint density at radius 2 is 0.772 bits per heavy atom. The molecule has 0 saturated heterocycles. The lowest BCUT2D eigenvalue weighted by atomic mass is 10.1. The number of rotatable bonds is 27. The smallest absolute Gasteiger partial charge is 0.408 e. The molecule has 0 radical (unpaired) electrons. The van der Waals surface area contributed by atoms with E-state index in [-0.39, 0.29) is 134 Å². The molecule has 0 aliphatic carbocycles. The predicted octanol–water partition coefficient (Wildman–Crippen LogP) is 27.7. The summed E-state index contributed by atoms with van der Waals surface area (Å²) in [4.78, 5) is 45.3. The molecule has 818 valence electrons. The van der Waals surface area contributed by atoms with Crippen LogP contribution in [0.4, 0.5) is 49.9 Å². The lowest BCUT2D eigenvalue weighted by Gasteiger charge is -2.36. The van der Waals surface area contributed by atoms with E-state index in [9.17, 15) is 49.9 Å². The van der Waals surface area contributed by atoms with E-state index in [2.05, 4.69) is 184 Å². The first-order chi connectivity index (χ1) is 65.5. The van der Waals surface area contributed by atoms with Gasteiger partial charge in [0.25, 0.3) is 0 Å². The van der Waals surface area contributed by atoms with E-state index < -0.39 is 89.2 Å². The van der Waals surface area contributed by atoms with E-state index in [1.54, 1.807) is 161 Å². The van der Waals surface area contributed by atoms with Crippen LogP contribution in [0.3, 0.4) is 0 Å². The normalized spacial score (nSPS) is 11.0. The molecule has 0 spiro atoms. The van der Waals surface area contributed by atoms with Gasteiger partial charge >= 0.3 is 24.4 Å². The molecule has 0 atom stereocenters. The molecule has 145 heavy (non-hydrogen) atoms. The second-order valence-electron chi connectivity index (χ2n) is 39.0. The summed E-state index contributed by atoms with van der Waals surface area (Å²) in [7, 11) is -3.51. The van der Waals surface area contributed by atoms with Gasteiger partial charge in [0, 0.05) is 35.7 Å². The third-order valence-electron chi connectivity index (χ3n) is 19.3. The summed E-state index contributed by atoms with van der Waals surface area (Å²) >= 11 is 10.3. The van der Waals surface area contributed by atoms with E-state index >= 15 is 0 Å². The second kappa shape index (κ2) is 71.8. The van der Waals surface area contributed by atoms with Crippen molar-refractivity contribution in [3.8, 4) is 76.3 Å². The molecule has 7 aromatic rings. The minimum atomic E-state index is -1.86. The van der Waals surface area contributed by atoms with Crippen molar-refractivity contribution >= 4 is 126 Å². The number of alkyl halides is 1. The standard InChI is InChI=1S/C22H34FNO4Si.C16H24FNO4.C16H20FNO4.C14H22FIO2Si.C8H8BrFO.C8H19BrOSi.C8H13NO2.C6H4FIO.C6H5FO.3CH4/c1-21(2,3)28-20(25)24-14-10-11-17-18(23)12-9-13-19(17)26-15-16-27-29(7,8)22(4,5)6;2*1-16(2,3)22-15(20)18-9-5-6-12-13(17)7-4-8-14(12)21-11-10-19;1-14(2,3)19(4,5)18-10-9-17-12-8-6-7-11(15)13(12)16;1-5-7(10)4-3-6(9)8(5)11-2;1-8(2,3)11(4,5)10-7-6-9;1-5-6-9-7(10)11-8(2,3)4;7-4-2-1-3-5(9)6(4)8;7-5-2-1-3-6(8)4-5;;;/h9,12-13H,14-16H2,1-8H3,(H,24,25);4,7-8,19H,5-6,9-11H2,1-3H3,(H,18,20);4,7-8,19H,9-11H2,1-3H3,(H,18,20);6-8H,9-10H2,1-5H3;3-4H,1-2H3;6-7H2,1-5H3;1H,6H2,2-4H3,(H,9,10);1-3,9H;1-4,8H;3*1H4. The Balaban J connectivity index is -0.000000520. The average Bonchev–Trinajstić information content (AvgIpc) is 0.845. The minimum absolute atomic E-state index is 0. The fourth-order valence-electron chi connectivity index (χ4n) is 9.34. The molecule has 24 nitrogen and oxygen atoms in total. The number of aliphatic hydroxyl groups is 2. The number of phenols is 2. The SMILES string of the molecule is C.C.C.C#CCNC(=O)OC(C)(C)C.CC(C)(C)OC(=O)NCC#Cc1c(F)cccc1OCCO.CC(C)(C)OC(=O)NCC#Cc1c(F)cccc1OCCO[Si](C)(C)C(C)(C)C.CC(C)(C)OC(=O)NCCCc1c(F)cccc1OCCO.CC(C)(C)[Si](C)(C)OCCBr.CC(C)(C)[Si](C)(C)OCCOc1cccc(F)c1I.COc1c(Br)ccc(F)c1C.Oc1cccc(F)c1.Oc1cccc(F)c1I. The summed E-state index contributed by atoms with van der Waals surface area (Å²) < 4.78 is 159. The number of carbonyl (C=O) groups excluding carboxylic acids is 4. The lowest BCUT2D eigenvalue weighted by Crippen LogP contribution is -2.41. The first-order valence-corrected chi connectivity index (χ1v) is 58.1. The van der Waals surface area contributed by atoms with Crippen LogP contribution in [-0.4, -0.2) is 190 Å². The molecule has 0 saturated carbocycles. The van der Waals surface area contributed by atoms with Crippen molar-refractivity contribution in [2.75, 3.05) is 98.1 Å². The van der Waals surface area contributed by atoms with Crippen LogP contribution in [0, 0.1) is 90.8 Å². The fraction of sp³-hybridized carbons (Fsp3) is 0.514. The summed E-state index contributed by atoms with van der Waals surface area (Å²) in [6.45, 7) is 59.3. The number of amides is 4. The first kappa shape index (κ1) is 145. The Morgan fingerprint density at radius 1 is 0.428 bits per heavy atom. The number of hydrogen-bond acceptors (Lipinski definition) is 20. The number of benzene rings is 7. The Bertz CT molecular complexity index is 5100. The quantitative estimate of drug-likeness (QED) is 0.00451. The summed E-state index contributed by atoms with van der Waals surface area (Å²) in [5.41, 5.74) is -0.957. The zero-order valence-electron chi connectivity index (χ0n) is 87.5. The molecule has 0 aliphatic heterocycles. The number of carbonyl (C=O) groups is 4. The molecule has 7 rings (SSSR count). The van der Waals surface area contributed by atoms with Crippen molar-refractivity contribution in [1.29, 1.82) is 0 Å². The van der Waals surface area contributed by atoms with Crippen molar-refractivity contribution < 1.29 is 126 Å². The van der Waals surface area contributed by atoms with Gasteiger partial charge in [0.1, 0.15) is 141 Å². The topological polar surface area (TPSA) is 308 Å². The Morgan fingerprint density at radius 3 is 1.12 bits per heavy atom. The van der Waals surface area contributed by atoms with Gasteiger partial charge in [-0.2, -0.15) is 0 Å². The van der Waals surface area contributed by atoms with E-state index in [1.807, 2.05) is 22.6 Å². The van der Waals surface area contributed by atoms with Gasteiger partial charge in [-0.3, -0.25) is 0 Å². The van der Waals surface area contributed by atoms with E-state index in [4.69, 9.17) is 82.8 Å². The number of hydrogen-bond donors (Lipinski definition) is 8. The second-order valence-corrected chi connectivity index (χ2v) is 57.2. The Labute approximate surface area is 907 Å². The number of phenolic OH excluding ortho intramolecular Hbond substituents is 2. The summed E-state index contributed by atoms with van der Waals surface area (Å²) in [6, 6.07) is 30.8. The van der Waals surface area contributed by atoms with Crippen molar-refractivity contribution in [3.05, 3.63) is 202 Å². The number of halogens is 11. The van der Waals surface area contributed by atoms with Crippen LogP contribution in [0.2, 0.25) is 54.4 Å². The number of aliphatic hydroxyl groups excluding tert-OH is 2. The largest absolute Gasteiger partial charge is 0.508 e. The van der Waals surface area contributed by atoms with Crippen LogP contribution in [0.5, 0.6) is 40.2 Å². The van der Waals surface area contributed by atoms with Gasteiger partial charge < -0.3 is 97.6 Å². The molecule has 0 aromatic heterocycles. The molecular formula is C107H161Br2F7I2N4O20Si3. The molecule has 4 amide bonds. The molecule has 0 unspecified atom stereocenters. The zero-order chi connectivity index (χ0) is 109. The number of terminal acetylenes is 1. The molecule has 7 aromatic carbocycles. The Kier molecular flexibility index (Phi) is 71.7. The van der Waals surface area contributed by atoms with Crippen LogP contribution < -0.4 is 45.0 Å². The van der Waals surface area contributed by atoms with Crippen LogP contribution in [0.15, 0.2) is 132 Å². The third kappa shape index (κ3) is 65.7. The van der Waals surface area contributed by atoms with Gasteiger partial charge in [0.05, 0.1) is 64.8 Å². The van der Waals surface area contributed by atoms with Crippen molar-refractivity contribution in [2.24, 2.45) is 0 Å². The van der Waals surface area contributed by atoms with Gasteiger partial charge in [-0.15, -0.1) is 6.42 Å². The monoisotopic (exact) mass is 2450 g/mol. The van der Waals surface area contributed by atoms with Crippen molar-refractivity contribution in [1.82, 2.24) is 21.3 Å². The molecule has 8 N–H and O–H groups in total. The summed E-state index contributed by atoms with van der Waals surface area (Å²) in [5, 5.41) is 46.5. The molecule has 0 heterocycles. The average molecular weight is 2450 g/mol. The molecule has 0 aliphatic rings. The molecular weight excluding hydrogens is 2290 g/mol. The first-order valence-electron chi connectivity index (χ1n) is 45.3. The lowest BCUT2D eigenvalue weighted by molar-refractivity contribution is 0.0517. The van der Waals surface area contributed by atoms with Gasteiger partial charge in [-0.05, 0) is 303 Å². The minimum Gasteiger partial charge on any atom is -0.508 e. The third-order valence-corrected chi connectivity index (χ3v) is 36.0. The van der Waals surface area contributed by atoms with Gasteiger partial charge in [0.15, 0.2) is 25.0 Å². The van der Waals surface area contributed by atoms with Crippen LogP contribution in [0.25, 0.3) is 0 Å². The number of methoxy groups -OCH3 is 1. The van der Waals surface area contributed by atoms with E-state index in [0.29, 0.717) is 88.5 Å². The molecule has 0 fully saturated rings. The van der Waals surface area contributed by atoms with Crippen LogP contribution in [0.1, 0.15) is 196 Å². The van der Waals surface area contributed by atoms with Crippen LogP contribution >= 0.6 is 77.0 Å². The van der Waals surface area contributed by atoms with Crippen LogP contribution in [-0.2, 0) is 38.6 Å². The Hall–Kier alpha value is -8.72. The number of aromatic hydroxyl groups is 2. The highest BCUT2D eigenvalue weighted by molar-refractivity contribution is 14.1. The maximum absolute atomic E-state index is 14.2. The number of nitrogens with one attached hydrogen (secondary N) is 4. The summed E-state index contributed by atoms with van der Waals surface area (Å²) in [6.07, 6.45) is 3.77. The van der Waals surface area contributed by atoms with Gasteiger partial charge in [-0.25, -0.2) is 49.9 Å². The number of alkyl carbamates (subject to hydrolysis) is 4. The maximum atomic E-state index is 14.2. The maximum Gasteiger partial charge on any atom is 0.408 e. The molecule has 38 heteroatoms. The van der Waals surface area contributed by atoms with E-state index in [1.165, 1.54) is 79.9 Å². The van der Waals surface area contributed by atoms with Gasteiger partial charge in [0.2, 0.25) is 0 Å². The highest BCUT2D eigenvalue weighted by Gasteiger charge is 2.39. The van der Waals surface area contributed by atoms with Crippen molar-refractivity contribution in [2.45, 2.75) is 264 Å². The summed E-state index contributed by atoms with van der Waals surface area (Å²) in [5.74, 6) is 12.5. The highest BCUT2D eigenvalue weighted by atomic mass is 127. The van der Waals surface area contributed by atoms with Gasteiger partial charge in [-0.1, -0.05) is 167 Å². The molecule has 0 bridgehead atoms. The zero-order valence-corrected chi connectivity index (χ0v) is 98.0.